The molecule has 7 nitrogen and oxygen atoms in total. The van der Waals surface area contributed by atoms with Crippen molar-refractivity contribution in [3.63, 3.8) is 0 Å². The predicted octanol–water partition coefficient (Wildman–Crippen LogP) is 4.20. The van der Waals surface area contributed by atoms with E-state index in [0.29, 0.717) is 40.1 Å². The van der Waals surface area contributed by atoms with Gasteiger partial charge in [0.15, 0.2) is 5.82 Å². The highest BCUT2D eigenvalue weighted by molar-refractivity contribution is 6.31. The van der Waals surface area contributed by atoms with E-state index in [1.54, 1.807) is 25.1 Å². The Kier molecular flexibility index (Phi) is 5.92. The molecule has 0 unspecified atom stereocenters. The van der Waals surface area contributed by atoms with Crippen molar-refractivity contribution >= 4 is 29.0 Å². The number of nitrogens with zero attached hydrogens (tertiary/aromatic N) is 4. The number of carbonyl (C=O) groups is 1. The molecule has 162 valence electrons. The fourth-order valence-electron chi connectivity index (χ4n) is 3.55. The summed E-state index contributed by atoms with van der Waals surface area (Å²) in [6.07, 6.45) is 1.61. The summed E-state index contributed by atoms with van der Waals surface area (Å²) in [6, 6.07) is 14.7. The molecule has 0 saturated heterocycles. The van der Waals surface area contributed by atoms with Gasteiger partial charge in [0.2, 0.25) is 11.7 Å². The summed E-state index contributed by atoms with van der Waals surface area (Å²) in [5.74, 6) is 0.528. The maximum Gasteiger partial charge on any atom is 0.279 e. The first kappa shape index (κ1) is 21.5. The van der Waals surface area contributed by atoms with E-state index < -0.39 is 0 Å². The third kappa shape index (κ3) is 4.07. The van der Waals surface area contributed by atoms with Gasteiger partial charge < -0.3 is 9.88 Å². The van der Waals surface area contributed by atoms with Crippen molar-refractivity contribution in [1.82, 2.24) is 19.2 Å². The van der Waals surface area contributed by atoms with E-state index in [2.05, 4.69) is 22.0 Å². The van der Waals surface area contributed by atoms with Gasteiger partial charge in [0.05, 0.1) is 6.42 Å². The highest BCUT2D eigenvalue weighted by atomic mass is 35.5. The highest BCUT2D eigenvalue weighted by Gasteiger charge is 2.20. The lowest BCUT2D eigenvalue weighted by molar-refractivity contribution is -0.115. The third-order valence-electron chi connectivity index (χ3n) is 5.28. The molecule has 2 heterocycles. The summed E-state index contributed by atoms with van der Waals surface area (Å²) in [5.41, 5.74) is 2.91. The molecule has 0 fully saturated rings. The van der Waals surface area contributed by atoms with Gasteiger partial charge in [-0.15, -0.1) is 11.7 Å². The molecule has 32 heavy (non-hydrogen) atoms. The van der Waals surface area contributed by atoms with Gasteiger partial charge in [0.1, 0.15) is 0 Å². The van der Waals surface area contributed by atoms with Crippen LogP contribution in [0.4, 0.5) is 5.69 Å². The van der Waals surface area contributed by atoms with E-state index in [1.165, 1.54) is 4.52 Å². The molecule has 0 spiro atoms. The number of allylic oxidation sites excluding steroid dienone is 1. The molecular formula is C24H22ClN5O2. The molecule has 0 aliphatic carbocycles. The SMILES string of the molecule is C=CCn1c(C)c(CC(=O)Nc2cc(Cl)ccc2C)c(=O)n2nc(-c3ccccc3)nc12. The molecule has 0 saturated carbocycles. The smallest absolute Gasteiger partial charge is 0.279 e. The van der Waals surface area contributed by atoms with Crippen molar-refractivity contribution in [2.45, 2.75) is 26.8 Å². The van der Waals surface area contributed by atoms with E-state index in [9.17, 15) is 9.59 Å². The normalized spacial score (nSPS) is 11.0. The van der Waals surface area contributed by atoms with Crippen LogP contribution < -0.4 is 10.9 Å². The Morgan fingerprint density at radius 3 is 2.66 bits per heavy atom. The first-order chi connectivity index (χ1) is 15.4. The molecule has 4 rings (SSSR count). The number of benzene rings is 2. The minimum Gasteiger partial charge on any atom is -0.326 e. The largest absolute Gasteiger partial charge is 0.326 e. The summed E-state index contributed by atoms with van der Waals surface area (Å²) in [4.78, 5) is 30.7. The lowest BCUT2D eigenvalue weighted by Gasteiger charge is -2.14. The Morgan fingerprint density at radius 2 is 1.94 bits per heavy atom. The molecule has 0 radical (unpaired) electrons. The number of hydrogen-bond acceptors (Lipinski definition) is 4. The standard InChI is InChI=1S/C24H22ClN5O2/c1-4-12-29-16(3)19(14-21(31)26-20-13-18(25)11-10-15(20)2)23(32)30-24(29)27-22(28-30)17-8-6-5-7-9-17/h4-11,13H,1,12,14H2,2-3H3,(H,26,31). The maximum atomic E-state index is 13.3. The van der Waals surface area contributed by atoms with Crippen LogP contribution in [0.3, 0.4) is 0 Å². The zero-order valence-corrected chi connectivity index (χ0v) is 18.6. The van der Waals surface area contributed by atoms with Gasteiger partial charge in [-0.1, -0.05) is 54.1 Å². The van der Waals surface area contributed by atoms with Crippen LogP contribution in [-0.2, 0) is 17.8 Å². The van der Waals surface area contributed by atoms with E-state index in [4.69, 9.17) is 11.6 Å². The van der Waals surface area contributed by atoms with Crippen LogP contribution in [0.15, 0.2) is 66.0 Å². The van der Waals surface area contributed by atoms with Crippen LogP contribution in [0.5, 0.6) is 0 Å². The Morgan fingerprint density at radius 1 is 1.19 bits per heavy atom. The van der Waals surface area contributed by atoms with Crippen molar-refractivity contribution in [1.29, 1.82) is 0 Å². The second kappa shape index (κ2) is 8.80. The number of rotatable bonds is 6. The van der Waals surface area contributed by atoms with Crippen LogP contribution in [-0.4, -0.2) is 25.1 Å². The first-order valence-electron chi connectivity index (χ1n) is 10.1. The molecule has 0 aliphatic rings. The summed E-state index contributed by atoms with van der Waals surface area (Å²) in [7, 11) is 0. The molecule has 1 amide bonds. The Labute approximate surface area is 190 Å². The first-order valence-corrected chi connectivity index (χ1v) is 10.5. The fourth-order valence-corrected chi connectivity index (χ4v) is 3.73. The van der Waals surface area contributed by atoms with Gasteiger partial charge in [0.25, 0.3) is 5.56 Å². The van der Waals surface area contributed by atoms with Crippen LogP contribution in [0.2, 0.25) is 5.02 Å². The summed E-state index contributed by atoms with van der Waals surface area (Å²) in [5, 5.41) is 7.80. The maximum absolute atomic E-state index is 13.3. The molecule has 0 atom stereocenters. The molecule has 8 heteroatoms. The minimum atomic E-state index is -0.370. The van der Waals surface area contributed by atoms with Gasteiger partial charge in [-0.3, -0.25) is 9.59 Å². The molecular weight excluding hydrogens is 426 g/mol. The van der Waals surface area contributed by atoms with E-state index in [1.807, 2.05) is 47.9 Å². The van der Waals surface area contributed by atoms with Gasteiger partial charge in [-0.25, -0.2) is 0 Å². The molecule has 2 aromatic carbocycles. The van der Waals surface area contributed by atoms with Gasteiger partial charge in [0, 0.05) is 34.1 Å². The molecule has 2 aromatic heterocycles. The quantitative estimate of drug-likeness (QED) is 0.449. The van der Waals surface area contributed by atoms with Gasteiger partial charge in [-0.2, -0.15) is 9.50 Å². The number of hydrogen-bond donors (Lipinski definition) is 1. The fraction of sp³-hybridized carbons (Fsp3) is 0.167. The van der Waals surface area contributed by atoms with Crippen LogP contribution in [0.25, 0.3) is 17.2 Å². The average Bonchev–Trinajstić information content (AvgIpc) is 3.23. The van der Waals surface area contributed by atoms with Crippen molar-refractivity contribution in [3.8, 4) is 11.4 Å². The predicted molar refractivity (Wildman–Crippen MR) is 126 cm³/mol. The molecule has 4 aromatic rings. The van der Waals surface area contributed by atoms with Crippen molar-refractivity contribution in [2.24, 2.45) is 0 Å². The minimum absolute atomic E-state index is 0.107. The number of aromatic nitrogens is 4. The molecule has 0 bridgehead atoms. The summed E-state index contributed by atoms with van der Waals surface area (Å²) >= 11 is 6.05. The third-order valence-corrected chi connectivity index (χ3v) is 5.51. The second-order valence-corrected chi connectivity index (χ2v) is 7.90. The Hall–Kier alpha value is -3.71. The topological polar surface area (TPSA) is 81.3 Å². The highest BCUT2D eigenvalue weighted by Crippen LogP contribution is 2.21. The molecule has 1 N–H and O–H groups in total. The van der Waals surface area contributed by atoms with Crippen molar-refractivity contribution in [3.05, 3.63) is 93.4 Å². The van der Waals surface area contributed by atoms with E-state index >= 15 is 0 Å². The summed E-state index contributed by atoms with van der Waals surface area (Å²) in [6.45, 7) is 7.91. The van der Waals surface area contributed by atoms with E-state index in [-0.39, 0.29) is 17.9 Å². The molecule has 0 aliphatic heterocycles. The van der Waals surface area contributed by atoms with Crippen molar-refractivity contribution in [2.75, 3.05) is 5.32 Å². The van der Waals surface area contributed by atoms with Crippen molar-refractivity contribution < 1.29 is 4.79 Å². The number of halogens is 1. The average molecular weight is 448 g/mol. The number of aryl methyl sites for hydroxylation is 1. The lowest BCUT2D eigenvalue weighted by Crippen LogP contribution is -2.29. The monoisotopic (exact) mass is 447 g/mol. The second-order valence-electron chi connectivity index (χ2n) is 7.47. The summed E-state index contributed by atoms with van der Waals surface area (Å²) < 4.78 is 3.09. The van der Waals surface area contributed by atoms with Crippen LogP contribution >= 0.6 is 11.6 Å². The Balaban J connectivity index is 1.77. The van der Waals surface area contributed by atoms with E-state index in [0.717, 1.165) is 11.1 Å². The van der Waals surface area contributed by atoms with Gasteiger partial charge in [-0.05, 0) is 31.5 Å². The zero-order chi connectivity index (χ0) is 22.8. The van der Waals surface area contributed by atoms with Crippen LogP contribution in [0.1, 0.15) is 16.8 Å². The lowest BCUT2D eigenvalue weighted by atomic mass is 10.1. The number of nitrogens with one attached hydrogen (secondary N) is 1. The zero-order valence-electron chi connectivity index (χ0n) is 17.8. The number of anilines is 1. The number of carbonyl (C=O) groups excluding carboxylic acids is 1. The van der Waals surface area contributed by atoms with Crippen LogP contribution in [0, 0.1) is 13.8 Å². The number of amides is 1. The van der Waals surface area contributed by atoms with Gasteiger partial charge >= 0.3 is 0 Å². The number of fused-ring (bicyclic) bond motifs is 1. The Bertz CT molecular complexity index is 1390.